The lowest BCUT2D eigenvalue weighted by Crippen LogP contribution is -2.38. The molecule has 6 heteroatoms. The average molecular weight is 378 g/mol. The van der Waals surface area contributed by atoms with Gasteiger partial charge in [-0.25, -0.2) is 4.99 Å². The van der Waals surface area contributed by atoms with Crippen LogP contribution in [0, 0.1) is 5.92 Å². The van der Waals surface area contributed by atoms with Gasteiger partial charge in [0.2, 0.25) is 0 Å². The van der Waals surface area contributed by atoms with Gasteiger partial charge < -0.3 is 24.8 Å². The van der Waals surface area contributed by atoms with Gasteiger partial charge in [0.25, 0.3) is 0 Å². The van der Waals surface area contributed by atoms with E-state index in [0.717, 1.165) is 76.1 Å². The van der Waals surface area contributed by atoms with E-state index in [0.29, 0.717) is 19.1 Å². The maximum Gasteiger partial charge on any atom is 0.191 e. The normalized spacial score (nSPS) is 15.6. The molecule has 1 heterocycles. The third-order valence-electron chi connectivity index (χ3n) is 4.48. The van der Waals surface area contributed by atoms with Gasteiger partial charge in [-0.2, -0.15) is 0 Å². The summed E-state index contributed by atoms with van der Waals surface area (Å²) in [5.74, 6) is 2.39. The highest BCUT2D eigenvalue weighted by Crippen LogP contribution is 2.18. The summed E-state index contributed by atoms with van der Waals surface area (Å²) in [6.07, 6.45) is 3.21. The highest BCUT2D eigenvalue weighted by molar-refractivity contribution is 5.79. The van der Waals surface area contributed by atoms with Gasteiger partial charge in [0.1, 0.15) is 5.75 Å². The van der Waals surface area contributed by atoms with E-state index in [2.05, 4.69) is 28.6 Å². The first kappa shape index (κ1) is 21.5. The molecule has 1 aliphatic heterocycles. The van der Waals surface area contributed by atoms with Crippen LogP contribution in [-0.4, -0.2) is 52.1 Å². The standard InChI is InChI=1S/C21H35N3O3/c1-3-22-21(24-16-19-8-5-6-9-20(19)27-4-2)23-12-7-13-26-17-18-10-14-25-15-11-18/h5-6,8-9,18H,3-4,7,10-17H2,1-2H3,(H2,22,23,24). The highest BCUT2D eigenvalue weighted by atomic mass is 16.5. The quantitative estimate of drug-likeness (QED) is 0.353. The fourth-order valence-corrected chi connectivity index (χ4v) is 2.98. The van der Waals surface area contributed by atoms with Gasteiger partial charge in [0.05, 0.1) is 13.2 Å². The Balaban J connectivity index is 1.68. The van der Waals surface area contributed by atoms with E-state index >= 15 is 0 Å². The van der Waals surface area contributed by atoms with Crippen LogP contribution in [0.5, 0.6) is 5.75 Å². The summed E-state index contributed by atoms with van der Waals surface area (Å²) >= 11 is 0. The van der Waals surface area contributed by atoms with Crippen LogP contribution in [0.2, 0.25) is 0 Å². The Bertz CT molecular complexity index is 545. The lowest BCUT2D eigenvalue weighted by atomic mass is 10.0. The number of hydrogen-bond donors (Lipinski definition) is 2. The van der Waals surface area contributed by atoms with Gasteiger partial charge in [-0.3, -0.25) is 0 Å². The smallest absolute Gasteiger partial charge is 0.191 e. The van der Waals surface area contributed by atoms with E-state index in [1.54, 1.807) is 0 Å². The van der Waals surface area contributed by atoms with Gasteiger partial charge in [-0.1, -0.05) is 18.2 Å². The Morgan fingerprint density at radius 1 is 1.19 bits per heavy atom. The number of benzene rings is 1. The minimum atomic E-state index is 0.589. The fraction of sp³-hybridized carbons (Fsp3) is 0.667. The minimum Gasteiger partial charge on any atom is -0.494 e. The molecular weight excluding hydrogens is 342 g/mol. The highest BCUT2D eigenvalue weighted by Gasteiger charge is 2.13. The van der Waals surface area contributed by atoms with Crippen LogP contribution in [0.25, 0.3) is 0 Å². The van der Waals surface area contributed by atoms with Gasteiger partial charge in [-0.15, -0.1) is 0 Å². The van der Waals surface area contributed by atoms with Crippen molar-refractivity contribution in [2.45, 2.75) is 39.7 Å². The van der Waals surface area contributed by atoms with Crippen molar-refractivity contribution in [1.82, 2.24) is 10.6 Å². The molecule has 0 spiro atoms. The number of hydrogen-bond acceptors (Lipinski definition) is 4. The Kier molecular flexibility index (Phi) is 10.7. The van der Waals surface area contributed by atoms with E-state index in [4.69, 9.17) is 14.2 Å². The van der Waals surface area contributed by atoms with Crippen molar-refractivity contribution in [3.8, 4) is 5.75 Å². The molecule has 6 nitrogen and oxygen atoms in total. The number of nitrogens with zero attached hydrogens (tertiary/aromatic N) is 1. The predicted octanol–water partition coefficient (Wildman–Crippen LogP) is 2.97. The minimum absolute atomic E-state index is 0.589. The van der Waals surface area contributed by atoms with Gasteiger partial charge in [0, 0.05) is 45.1 Å². The molecule has 1 aromatic rings. The first-order valence-electron chi connectivity index (χ1n) is 10.2. The molecule has 2 rings (SSSR count). The Morgan fingerprint density at radius 3 is 2.78 bits per heavy atom. The summed E-state index contributed by atoms with van der Waals surface area (Å²) in [6, 6.07) is 8.05. The average Bonchev–Trinajstić information content (AvgIpc) is 2.70. The largest absolute Gasteiger partial charge is 0.494 e. The second-order valence-electron chi connectivity index (χ2n) is 6.65. The molecule has 1 aromatic carbocycles. The predicted molar refractivity (Wildman–Crippen MR) is 109 cm³/mol. The first-order chi connectivity index (χ1) is 13.3. The second kappa shape index (κ2) is 13.4. The van der Waals surface area contributed by atoms with Crippen molar-refractivity contribution in [1.29, 1.82) is 0 Å². The van der Waals surface area contributed by atoms with Crippen LogP contribution in [-0.2, 0) is 16.0 Å². The van der Waals surface area contributed by atoms with Crippen LogP contribution in [0.1, 0.15) is 38.7 Å². The van der Waals surface area contributed by atoms with Crippen LogP contribution in [0.4, 0.5) is 0 Å². The molecule has 0 aromatic heterocycles. The second-order valence-corrected chi connectivity index (χ2v) is 6.65. The summed E-state index contributed by atoms with van der Waals surface area (Å²) in [4.78, 5) is 4.68. The van der Waals surface area contributed by atoms with Crippen LogP contribution < -0.4 is 15.4 Å². The number of aliphatic imine (C=N–C) groups is 1. The third-order valence-corrected chi connectivity index (χ3v) is 4.48. The zero-order valence-corrected chi connectivity index (χ0v) is 16.8. The first-order valence-corrected chi connectivity index (χ1v) is 10.2. The Labute approximate surface area is 163 Å². The Morgan fingerprint density at radius 2 is 2.00 bits per heavy atom. The third kappa shape index (κ3) is 8.63. The number of nitrogens with one attached hydrogen (secondary N) is 2. The van der Waals surface area contributed by atoms with Crippen molar-refractivity contribution in [3.63, 3.8) is 0 Å². The molecule has 0 radical (unpaired) electrons. The zero-order chi connectivity index (χ0) is 19.2. The molecule has 1 fully saturated rings. The van der Waals surface area contributed by atoms with E-state index in [1.165, 1.54) is 0 Å². The maximum atomic E-state index is 5.81. The Hall–Kier alpha value is -1.79. The lowest BCUT2D eigenvalue weighted by molar-refractivity contribution is 0.0203. The molecule has 0 saturated carbocycles. The summed E-state index contributed by atoms with van der Waals surface area (Å²) in [6.45, 7) is 10.4. The molecule has 0 aliphatic carbocycles. The number of guanidine groups is 1. The van der Waals surface area contributed by atoms with Gasteiger partial charge in [0.15, 0.2) is 5.96 Å². The summed E-state index contributed by atoms with van der Waals surface area (Å²) < 4.78 is 16.9. The van der Waals surface area contributed by atoms with Crippen molar-refractivity contribution >= 4 is 5.96 Å². The van der Waals surface area contributed by atoms with Crippen molar-refractivity contribution in [2.24, 2.45) is 10.9 Å². The molecule has 0 unspecified atom stereocenters. The molecule has 0 bridgehead atoms. The van der Waals surface area contributed by atoms with Crippen LogP contribution in [0.3, 0.4) is 0 Å². The van der Waals surface area contributed by atoms with Gasteiger partial charge in [-0.05, 0) is 45.1 Å². The number of para-hydroxylation sites is 1. The van der Waals surface area contributed by atoms with Crippen LogP contribution in [0.15, 0.2) is 29.3 Å². The fourth-order valence-electron chi connectivity index (χ4n) is 2.98. The SMILES string of the molecule is CCNC(=NCc1ccccc1OCC)NCCCOCC1CCOCC1. The lowest BCUT2D eigenvalue weighted by Gasteiger charge is -2.21. The molecule has 27 heavy (non-hydrogen) atoms. The summed E-state index contributed by atoms with van der Waals surface area (Å²) in [5, 5.41) is 6.67. The topological polar surface area (TPSA) is 64.1 Å². The molecular formula is C21H35N3O3. The molecule has 1 aliphatic rings. The van der Waals surface area contributed by atoms with Crippen LogP contribution >= 0.6 is 0 Å². The van der Waals surface area contributed by atoms with Crippen molar-refractivity contribution in [3.05, 3.63) is 29.8 Å². The summed E-state index contributed by atoms with van der Waals surface area (Å²) in [7, 11) is 0. The van der Waals surface area contributed by atoms with Crippen molar-refractivity contribution < 1.29 is 14.2 Å². The van der Waals surface area contributed by atoms with E-state index < -0.39 is 0 Å². The number of rotatable bonds is 11. The molecule has 2 N–H and O–H groups in total. The van der Waals surface area contributed by atoms with Crippen molar-refractivity contribution in [2.75, 3.05) is 46.1 Å². The molecule has 0 amide bonds. The monoisotopic (exact) mass is 377 g/mol. The number of ether oxygens (including phenoxy) is 3. The molecule has 0 atom stereocenters. The molecule has 1 saturated heterocycles. The summed E-state index contributed by atoms with van der Waals surface area (Å²) in [5.41, 5.74) is 1.09. The van der Waals surface area contributed by atoms with E-state index in [9.17, 15) is 0 Å². The van der Waals surface area contributed by atoms with E-state index in [1.807, 2.05) is 25.1 Å². The molecule has 152 valence electrons. The zero-order valence-electron chi connectivity index (χ0n) is 16.8. The maximum absolute atomic E-state index is 5.81. The van der Waals surface area contributed by atoms with Gasteiger partial charge >= 0.3 is 0 Å². The van der Waals surface area contributed by atoms with E-state index in [-0.39, 0.29) is 0 Å².